The van der Waals surface area contributed by atoms with Gasteiger partial charge in [-0.1, -0.05) is 49.4 Å². The normalized spacial score (nSPS) is 14.2. The van der Waals surface area contributed by atoms with Crippen LogP contribution in [0.15, 0.2) is 72.6 Å². The number of nitrogens with zero attached hydrogens (tertiary/aromatic N) is 2. The molecule has 2 heterocycles. The Kier molecular flexibility index (Phi) is 8.13. The summed E-state index contributed by atoms with van der Waals surface area (Å²) in [5.74, 6) is 0. The maximum absolute atomic E-state index is 6.80. The maximum Gasteiger partial charge on any atom is 0.0925 e. The second kappa shape index (κ2) is 10.9. The maximum atomic E-state index is 6.80. The lowest BCUT2D eigenvalue weighted by molar-refractivity contribution is 0.711. The Bertz CT molecular complexity index is 753. The molecule has 4 nitrogen and oxygen atoms in total. The van der Waals surface area contributed by atoms with Crippen molar-refractivity contribution in [1.29, 1.82) is 5.41 Å². The van der Waals surface area contributed by atoms with Crippen molar-refractivity contribution in [3.63, 3.8) is 0 Å². The van der Waals surface area contributed by atoms with E-state index in [2.05, 4.69) is 58.2 Å². The van der Waals surface area contributed by atoms with E-state index in [0.29, 0.717) is 0 Å². The van der Waals surface area contributed by atoms with Crippen LogP contribution in [0.1, 0.15) is 31.7 Å². The number of aromatic nitrogens is 2. The molecule has 0 saturated heterocycles. The summed E-state index contributed by atoms with van der Waals surface area (Å²) in [6.45, 7) is 6.08. The molecule has 136 valence electrons. The summed E-state index contributed by atoms with van der Waals surface area (Å²) >= 11 is 0. The molecule has 26 heavy (non-hydrogen) atoms. The van der Waals surface area contributed by atoms with E-state index in [9.17, 15) is 0 Å². The lowest BCUT2D eigenvalue weighted by atomic mass is 10.1. The molecule has 0 amide bonds. The van der Waals surface area contributed by atoms with Crippen molar-refractivity contribution >= 4 is 11.9 Å². The fourth-order valence-electron chi connectivity index (χ4n) is 2.68. The topological polar surface area (TPSA) is 55.8 Å². The van der Waals surface area contributed by atoms with Gasteiger partial charge in [0.1, 0.15) is 0 Å². The Hall–Kier alpha value is -2.88. The van der Waals surface area contributed by atoms with Gasteiger partial charge in [-0.3, -0.25) is 0 Å². The van der Waals surface area contributed by atoms with Gasteiger partial charge in [-0.25, -0.2) is 4.98 Å². The first-order valence-corrected chi connectivity index (χ1v) is 9.06. The lowest BCUT2D eigenvalue weighted by Gasteiger charge is -2.28. The average Bonchev–Trinajstić information content (AvgIpc) is 3.14. The molecule has 2 N–H and O–H groups in total. The molecule has 0 spiro atoms. The number of benzene rings is 1. The van der Waals surface area contributed by atoms with Crippen molar-refractivity contribution in [2.45, 2.75) is 33.2 Å². The molecule has 1 aromatic carbocycles. The number of nitrogens with one attached hydrogen (secondary N) is 2. The molecule has 1 aliphatic heterocycles. The van der Waals surface area contributed by atoms with Crippen molar-refractivity contribution in [3.05, 3.63) is 84.0 Å². The standard InChI is InChI=1S/C12H13N3.C10H15N/c1-2-4-10(5-3-1)15-7-6-11-12(8-15)14-9-13-11;1-3-4-5-6-7-10(2)8-9-11/h1-5,9H,6-8H2,(H,13,14);4-9,11H,3H2,1-2H3/b;5-4-,7-6-,10-8+,11-9?. The summed E-state index contributed by atoms with van der Waals surface area (Å²) in [4.78, 5) is 9.88. The van der Waals surface area contributed by atoms with E-state index in [1.54, 1.807) is 12.4 Å². The van der Waals surface area contributed by atoms with Crippen LogP contribution in [0.2, 0.25) is 0 Å². The first kappa shape index (κ1) is 19.4. The third-order valence-electron chi connectivity index (χ3n) is 4.08. The Balaban J connectivity index is 0.000000199. The third-order valence-corrected chi connectivity index (χ3v) is 4.08. The van der Waals surface area contributed by atoms with Crippen LogP contribution in [0.5, 0.6) is 0 Å². The fraction of sp³-hybridized carbons (Fsp3) is 0.273. The molecule has 2 aromatic rings. The number of allylic oxidation sites excluding steroid dienone is 6. The van der Waals surface area contributed by atoms with Gasteiger partial charge in [-0.15, -0.1) is 0 Å². The predicted molar refractivity (Wildman–Crippen MR) is 111 cm³/mol. The first-order valence-electron chi connectivity index (χ1n) is 9.06. The Morgan fingerprint density at radius 2 is 2.08 bits per heavy atom. The van der Waals surface area contributed by atoms with E-state index in [0.717, 1.165) is 31.5 Å². The smallest absolute Gasteiger partial charge is 0.0925 e. The van der Waals surface area contributed by atoms with Crippen LogP contribution >= 0.6 is 0 Å². The summed E-state index contributed by atoms with van der Waals surface area (Å²) in [5, 5.41) is 6.80. The van der Waals surface area contributed by atoms with Crippen LogP contribution in [0.4, 0.5) is 5.69 Å². The van der Waals surface area contributed by atoms with E-state index in [1.807, 2.05) is 25.2 Å². The van der Waals surface area contributed by atoms with E-state index in [4.69, 9.17) is 5.41 Å². The van der Waals surface area contributed by atoms with Gasteiger partial charge < -0.3 is 15.3 Å². The van der Waals surface area contributed by atoms with Crippen molar-refractivity contribution < 1.29 is 0 Å². The van der Waals surface area contributed by atoms with Crippen LogP contribution in [0.3, 0.4) is 0 Å². The van der Waals surface area contributed by atoms with Gasteiger partial charge in [-0.05, 0) is 37.1 Å². The van der Waals surface area contributed by atoms with E-state index < -0.39 is 0 Å². The zero-order chi connectivity index (χ0) is 18.6. The first-order chi connectivity index (χ1) is 12.7. The second-order valence-corrected chi connectivity index (χ2v) is 6.11. The Morgan fingerprint density at radius 1 is 1.27 bits per heavy atom. The van der Waals surface area contributed by atoms with Crippen LogP contribution in [-0.4, -0.2) is 22.7 Å². The second-order valence-electron chi connectivity index (χ2n) is 6.11. The number of hydrogen-bond donors (Lipinski definition) is 2. The highest BCUT2D eigenvalue weighted by atomic mass is 15.2. The number of anilines is 1. The highest BCUT2D eigenvalue weighted by Gasteiger charge is 2.17. The molecule has 3 rings (SSSR count). The number of para-hydroxylation sites is 1. The predicted octanol–water partition coefficient (Wildman–Crippen LogP) is 5.08. The molecule has 0 radical (unpaired) electrons. The molecule has 0 aliphatic carbocycles. The lowest BCUT2D eigenvalue weighted by Crippen LogP contribution is -2.30. The minimum Gasteiger partial charge on any atom is -0.365 e. The summed E-state index contributed by atoms with van der Waals surface area (Å²) < 4.78 is 0. The molecule has 0 unspecified atom stereocenters. The van der Waals surface area contributed by atoms with Crippen molar-refractivity contribution in [3.8, 4) is 0 Å². The molecule has 0 bridgehead atoms. The van der Waals surface area contributed by atoms with E-state index in [1.165, 1.54) is 23.3 Å². The zero-order valence-corrected chi connectivity index (χ0v) is 15.7. The molecule has 0 atom stereocenters. The van der Waals surface area contributed by atoms with Crippen LogP contribution in [0, 0.1) is 5.41 Å². The summed E-state index contributed by atoms with van der Waals surface area (Å²) in [7, 11) is 0. The fourth-order valence-corrected chi connectivity index (χ4v) is 2.68. The van der Waals surface area contributed by atoms with Crippen molar-refractivity contribution in [1.82, 2.24) is 9.97 Å². The number of H-pyrrole nitrogens is 1. The van der Waals surface area contributed by atoms with Gasteiger partial charge >= 0.3 is 0 Å². The third kappa shape index (κ3) is 6.20. The largest absolute Gasteiger partial charge is 0.365 e. The summed E-state index contributed by atoms with van der Waals surface area (Å²) in [6.07, 6.45) is 15.0. The summed E-state index contributed by atoms with van der Waals surface area (Å²) in [5.41, 5.74) is 4.87. The number of imidazole rings is 1. The molecule has 1 aromatic heterocycles. The molecule has 1 aliphatic rings. The van der Waals surface area contributed by atoms with Gasteiger partial charge in [0.15, 0.2) is 0 Å². The zero-order valence-electron chi connectivity index (χ0n) is 15.7. The highest BCUT2D eigenvalue weighted by Crippen LogP contribution is 2.21. The van der Waals surface area contributed by atoms with Crippen molar-refractivity contribution in [2.75, 3.05) is 11.4 Å². The molecular formula is C22H28N4. The van der Waals surface area contributed by atoms with Gasteiger partial charge in [0.05, 0.1) is 24.3 Å². The number of fused-ring (bicyclic) bond motifs is 1. The SMILES string of the molecule is CC\C=C/C=C\C(C)=C\C=N.c1ccc(N2CCc3nc[nH]c3C2)cc1. The monoisotopic (exact) mass is 348 g/mol. The molecule has 0 saturated carbocycles. The molecule has 4 heteroatoms. The van der Waals surface area contributed by atoms with E-state index in [-0.39, 0.29) is 0 Å². The van der Waals surface area contributed by atoms with Crippen LogP contribution in [-0.2, 0) is 13.0 Å². The molecule has 0 fully saturated rings. The quantitative estimate of drug-likeness (QED) is 0.585. The number of rotatable bonds is 5. The van der Waals surface area contributed by atoms with Crippen LogP contribution < -0.4 is 4.90 Å². The van der Waals surface area contributed by atoms with Gasteiger partial charge in [0.25, 0.3) is 0 Å². The Labute approximate surface area is 156 Å². The Morgan fingerprint density at radius 3 is 2.81 bits per heavy atom. The van der Waals surface area contributed by atoms with Gasteiger partial charge in [0.2, 0.25) is 0 Å². The minimum absolute atomic E-state index is 0.944. The molecular weight excluding hydrogens is 320 g/mol. The minimum atomic E-state index is 0.944. The summed E-state index contributed by atoms with van der Waals surface area (Å²) in [6, 6.07) is 10.5. The highest BCUT2D eigenvalue weighted by molar-refractivity contribution is 5.69. The number of aromatic amines is 1. The van der Waals surface area contributed by atoms with Crippen molar-refractivity contribution in [2.24, 2.45) is 0 Å². The van der Waals surface area contributed by atoms with E-state index >= 15 is 0 Å². The van der Waals surface area contributed by atoms with Gasteiger partial charge in [-0.2, -0.15) is 0 Å². The average molecular weight is 348 g/mol. The van der Waals surface area contributed by atoms with Crippen LogP contribution in [0.25, 0.3) is 0 Å². The number of hydrogen-bond acceptors (Lipinski definition) is 3. The van der Waals surface area contributed by atoms with Gasteiger partial charge in [0, 0.05) is 24.9 Å².